The van der Waals surface area contributed by atoms with Gasteiger partial charge in [0.05, 0.1) is 33.1 Å². The van der Waals surface area contributed by atoms with Crippen molar-refractivity contribution in [1.29, 1.82) is 0 Å². The van der Waals surface area contributed by atoms with E-state index in [4.69, 9.17) is 14.2 Å². The van der Waals surface area contributed by atoms with Gasteiger partial charge in [-0.3, -0.25) is 4.79 Å². The van der Waals surface area contributed by atoms with Crippen molar-refractivity contribution in [3.8, 4) is 17.2 Å². The molecule has 0 aliphatic heterocycles. The number of benzene rings is 2. The summed E-state index contributed by atoms with van der Waals surface area (Å²) in [6, 6.07) is 10.7. The summed E-state index contributed by atoms with van der Waals surface area (Å²) in [7, 11) is 4.64. The van der Waals surface area contributed by atoms with Crippen LogP contribution < -0.4 is 19.6 Å². The summed E-state index contributed by atoms with van der Waals surface area (Å²) in [6.45, 7) is 1.96. The molecule has 2 rings (SSSR count). The average Bonchev–Trinajstić information content (AvgIpc) is 2.61. The first-order valence-electron chi connectivity index (χ1n) is 7.29. The van der Waals surface area contributed by atoms with Gasteiger partial charge in [-0.15, -0.1) is 0 Å². The minimum atomic E-state index is -0.294. The second-order valence-electron chi connectivity index (χ2n) is 5.01. The third-order valence-electron chi connectivity index (χ3n) is 3.43. The van der Waals surface area contributed by atoms with Crippen molar-refractivity contribution in [2.45, 2.75) is 6.92 Å². The molecule has 0 bridgehead atoms. The largest absolute Gasteiger partial charge is 0.496 e. The van der Waals surface area contributed by atoms with Gasteiger partial charge in [0.15, 0.2) is 0 Å². The van der Waals surface area contributed by atoms with Crippen LogP contribution in [-0.4, -0.2) is 33.5 Å². The molecular formula is C18H20N2O4. The number of hydrogen-bond donors (Lipinski definition) is 1. The third-order valence-corrected chi connectivity index (χ3v) is 3.43. The first-order valence-corrected chi connectivity index (χ1v) is 7.29. The minimum absolute atomic E-state index is 0.294. The van der Waals surface area contributed by atoms with Crippen LogP contribution in [0.1, 0.15) is 21.5 Å². The van der Waals surface area contributed by atoms with Crippen molar-refractivity contribution in [1.82, 2.24) is 5.43 Å². The molecule has 1 N–H and O–H groups in total. The van der Waals surface area contributed by atoms with E-state index in [-0.39, 0.29) is 5.91 Å². The number of nitrogens with zero attached hydrogens (tertiary/aromatic N) is 1. The van der Waals surface area contributed by atoms with E-state index in [0.717, 1.165) is 5.56 Å². The van der Waals surface area contributed by atoms with Crippen LogP contribution in [0, 0.1) is 6.92 Å². The molecule has 0 saturated carbocycles. The number of hydrogen-bond acceptors (Lipinski definition) is 5. The maximum atomic E-state index is 12.0. The smallest absolute Gasteiger partial charge is 0.271 e. The fourth-order valence-corrected chi connectivity index (χ4v) is 2.08. The van der Waals surface area contributed by atoms with Gasteiger partial charge in [0.2, 0.25) is 0 Å². The highest BCUT2D eigenvalue weighted by atomic mass is 16.5. The fourth-order valence-electron chi connectivity index (χ4n) is 2.08. The molecule has 0 aliphatic carbocycles. The van der Waals surface area contributed by atoms with Crippen LogP contribution in [0.15, 0.2) is 41.5 Å². The highest BCUT2D eigenvalue weighted by molar-refractivity contribution is 5.95. The van der Waals surface area contributed by atoms with Crippen molar-refractivity contribution in [3.05, 3.63) is 53.1 Å². The molecule has 0 spiro atoms. The quantitative estimate of drug-likeness (QED) is 0.654. The number of carbonyl (C=O) groups is 1. The van der Waals surface area contributed by atoms with Gasteiger partial charge >= 0.3 is 0 Å². The number of rotatable bonds is 6. The van der Waals surface area contributed by atoms with Gasteiger partial charge in [0.1, 0.15) is 17.2 Å². The summed E-state index contributed by atoms with van der Waals surface area (Å²) in [5.74, 6) is 1.36. The Balaban J connectivity index is 2.19. The molecule has 6 heteroatoms. The Kier molecular flexibility index (Phi) is 5.78. The summed E-state index contributed by atoms with van der Waals surface area (Å²) in [4.78, 5) is 12.0. The zero-order valence-electron chi connectivity index (χ0n) is 14.1. The van der Waals surface area contributed by atoms with E-state index in [9.17, 15) is 4.79 Å². The van der Waals surface area contributed by atoms with Gasteiger partial charge in [-0.1, -0.05) is 17.7 Å². The lowest BCUT2D eigenvalue weighted by Gasteiger charge is -2.12. The van der Waals surface area contributed by atoms with E-state index in [1.54, 1.807) is 31.4 Å². The monoisotopic (exact) mass is 328 g/mol. The Bertz CT molecular complexity index is 714. The Morgan fingerprint density at radius 3 is 2.08 bits per heavy atom. The highest BCUT2D eigenvalue weighted by Gasteiger charge is 2.11. The van der Waals surface area contributed by atoms with Gasteiger partial charge in [-0.2, -0.15) is 5.10 Å². The summed E-state index contributed by atoms with van der Waals surface area (Å²) >= 11 is 0. The maximum absolute atomic E-state index is 12.0. The maximum Gasteiger partial charge on any atom is 0.271 e. The highest BCUT2D eigenvalue weighted by Crippen LogP contribution is 2.32. The zero-order valence-corrected chi connectivity index (χ0v) is 14.1. The van der Waals surface area contributed by atoms with Crippen LogP contribution in [0.4, 0.5) is 0 Å². The van der Waals surface area contributed by atoms with Crippen LogP contribution in [-0.2, 0) is 0 Å². The number of methoxy groups -OCH3 is 3. The minimum Gasteiger partial charge on any atom is -0.496 e. The second kappa shape index (κ2) is 8.01. The number of aryl methyl sites for hydroxylation is 1. The van der Waals surface area contributed by atoms with Crippen LogP contribution in [0.2, 0.25) is 0 Å². The number of ether oxygens (including phenoxy) is 3. The lowest BCUT2D eigenvalue weighted by molar-refractivity contribution is 0.0955. The molecule has 6 nitrogen and oxygen atoms in total. The number of nitrogens with one attached hydrogen (secondary N) is 1. The predicted molar refractivity (Wildman–Crippen MR) is 92.3 cm³/mol. The van der Waals surface area contributed by atoms with Gasteiger partial charge in [-0.05, 0) is 19.1 Å². The summed E-state index contributed by atoms with van der Waals surface area (Å²) < 4.78 is 15.8. The van der Waals surface area contributed by atoms with Crippen LogP contribution in [0.5, 0.6) is 17.2 Å². The van der Waals surface area contributed by atoms with Gasteiger partial charge < -0.3 is 14.2 Å². The lowest BCUT2D eigenvalue weighted by atomic mass is 10.1. The van der Waals surface area contributed by atoms with Crippen molar-refractivity contribution < 1.29 is 19.0 Å². The molecule has 0 aliphatic rings. The van der Waals surface area contributed by atoms with Crippen molar-refractivity contribution in [2.75, 3.05) is 21.3 Å². The van der Waals surface area contributed by atoms with Crippen molar-refractivity contribution >= 4 is 12.1 Å². The number of hydrazone groups is 1. The van der Waals surface area contributed by atoms with Gasteiger partial charge in [0, 0.05) is 17.7 Å². The Morgan fingerprint density at radius 1 is 1.00 bits per heavy atom. The molecule has 0 unspecified atom stereocenters. The molecule has 0 radical (unpaired) electrons. The zero-order chi connectivity index (χ0) is 17.5. The van der Waals surface area contributed by atoms with E-state index in [2.05, 4.69) is 10.5 Å². The normalized spacial score (nSPS) is 10.5. The molecular weight excluding hydrogens is 308 g/mol. The van der Waals surface area contributed by atoms with Crippen LogP contribution >= 0.6 is 0 Å². The lowest BCUT2D eigenvalue weighted by Crippen LogP contribution is -2.17. The van der Waals surface area contributed by atoms with E-state index in [1.165, 1.54) is 20.4 Å². The molecule has 0 heterocycles. The molecule has 0 aromatic heterocycles. The molecule has 0 fully saturated rings. The average molecular weight is 328 g/mol. The summed E-state index contributed by atoms with van der Waals surface area (Å²) in [5, 5.41) is 3.99. The van der Waals surface area contributed by atoms with Crippen molar-refractivity contribution in [2.24, 2.45) is 5.10 Å². The molecule has 1 amide bonds. The third kappa shape index (κ3) is 4.04. The van der Waals surface area contributed by atoms with Crippen LogP contribution in [0.3, 0.4) is 0 Å². The van der Waals surface area contributed by atoms with E-state index < -0.39 is 0 Å². The Labute approximate surface area is 141 Å². The number of carbonyl (C=O) groups excluding carboxylic acids is 1. The molecule has 0 atom stereocenters. The number of amides is 1. The Hall–Kier alpha value is -3.02. The van der Waals surface area contributed by atoms with Gasteiger partial charge in [-0.25, -0.2) is 5.43 Å². The van der Waals surface area contributed by atoms with Gasteiger partial charge in [0.25, 0.3) is 5.91 Å². The summed E-state index contributed by atoms with van der Waals surface area (Å²) in [5.41, 5.74) is 4.71. The molecule has 126 valence electrons. The van der Waals surface area contributed by atoms with E-state index in [1.807, 2.05) is 19.1 Å². The first kappa shape index (κ1) is 17.3. The van der Waals surface area contributed by atoms with E-state index in [0.29, 0.717) is 28.4 Å². The molecule has 2 aromatic carbocycles. The standard InChI is InChI=1S/C18H20N2O4/c1-12-5-7-13(8-6-12)18(21)20-19-11-15-16(23-3)9-14(22-2)10-17(15)24-4/h5-11H,1-4H3,(H,20,21)/b19-11+. The predicted octanol–water partition coefficient (Wildman–Crippen LogP) is 2.78. The topological polar surface area (TPSA) is 69.2 Å². The fraction of sp³-hybridized carbons (Fsp3) is 0.222. The Morgan fingerprint density at radius 2 is 1.58 bits per heavy atom. The molecule has 24 heavy (non-hydrogen) atoms. The first-order chi connectivity index (χ1) is 11.6. The van der Waals surface area contributed by atoms with Crippen molar-refractivity contribution in [3.63, 3.8) is 0 Å². The van der Waals surface area contributed by atoms with E-state index >= 15 is 0 Å². The molecule has 0 saturated heterocycles. The van der Waals surface area contributed by atoms with Crippen LogP contribution in [0.25, 0.3) is 0 Å². The molecule has 2 aromatic rings. The SMILES string of the molecule is COc1cc(OC)c(/C=N/NC(=O)c2ccc(C)cc2)c(OC)c1. The second-order valence-corrected chi connectivity index (χ2v) is 5.01. The summed E-state index contributed by atoms with van der Waals surface area (Å²) in [6.07, 6.45) is 1.48.